The van der Waals surface area contributed by atoms with E-state index in [1.54, 1.807) is 0 Å². The highest BCUT2D eigenvalue weighted by Gasteiger charge is 2.20. The Morgan fingerprint density at radius 2 is 0.537 bits per heavy atom. The quantitative estimate of drug-likeness (QED) is 0.148. The van der Waals surface area contributed by atoms with Crippen LogP contribution in [0.5, 0.6) is 0 Å². The number of rotatable bonds is 9. The molecule has 0 N–H and O–H groups in total. The topological polar surface area (TPSA) is 6.48 Å². The van der Waals surface area contributed by atoms with Crippen LogP contribution in [-0.2, 0) is 0 Å². The maximum atomic E-state index is 2.39. The zero-order chi connectivity index (χ0) is 37.0. The van der Waals surface area contributed by atoms with Gasteiger partial charge < -0.3 is 9.80 Å². The lowest BCUT2D eigenvalue weighted by Gasteiger charge is -2.29. The molecule has 0 aliphatic carbocycles. The Morgan fingerprint density at radius 3 is 0.852 bits per heavy atom. The summed E-state index contributed by atoms with van der Waals surface area (Å²) in [7, 11) is 0. The fourth-order valence-corrected chi connectivity index (χ4v) is 7.64. The van der Waals surface area contributed by atoms with Crippen molar-refractivity contribution in [1.82, 2.24) is 0 Å². The molecule has 8 rings (SSSR count). The minimum Gasteiger partial charge on any atom is -0.310 e. The summed E-state index contributed by atoms with van der Waals surface area (Å²) in [5.41, 5.74) is 19.0. The molecule has 2 heteroatoms. The van der Waals surface area contributed by atoms with Gasteiger partial charge in [-0.3, -0.25) is 0 Å². The van der Waals surface area contributed by atoms with Crippen LogP contribution in [0.1, 0.15) is 22.3 Å². The molecule has 0 saturated carbocycles. The third-order valence-electron chi connectivity index (χ3n) is 10.4. The van der Waals surface area contributed by atoms with Gasteiger partial charge in [0.1, 0.15) is 0 Å². The molecule has 0 amide bonds. The molecule has 0 fully saturated rings. The lowest BCUT2D eigenvalue weighted by molar-refractivity contribution is 1.23. The van der Waals surface area contributed by atoms with Crippen molar-refractivity contribution < 1.29 is 0 Å². The van der Waals surface area contributed by atoms with Gasteiger partial charge in [0.25, 0.3) is 0 Å². The predicted octanol–water partition coefficient (Wildman–Crippen LogP) is 14.9. The number of hydrogen-bond acceptors (Lipinski definition) is 2. The van der Waals surface area contributed by atoms with Crippen LogP contribution in [0.3, 0.4) is 0 Å². The fourth-order valence-electron chi connectivity index (χ4n) is 7.64. The summed E-state index contributed by atoms with van der Waals surface area (Å²) in [4.78, 5) is 4.79. The lowest BCUT2D eigenvalue weighted by atomic mass is 9.89. The van der Waals surface area contributed by atoms with E-state index in [1.807, 2.05) is 0 Å². The summed E-state index contributed by atoms with van der Waals surface area (Å²) in [6.45, 7) is 8.75. The Kier molecular flexibility index (Phi) is 9.66. The molecule has 2 nitrogen and oxygen atoms in total. The Bertz CT molecular complexity index is 2310. The monoisotopic (exact) mass is 696 g/mol. The molecule has 8 aromatic rings. The van der Waals surface area contributed by atoms with E-state index in [4.69, 9.17) is 0 Å². The third-order valence-corrected chi connectivity index (χ3v) is 10.4. The Morgan fingerprint density at radius 1 is 0.259 bits per heavy atom. The van der Waals surface area contributed by atoms with Crippen LogP contribution in [0.2, 0.25) is 0 Å². The standard InChI is InChI=1S/C52H44N2/c1-37-19-5-13-31-49(37)53(50-32-14-6-20-38(50)2)43-25-17-23-41(35-43)45-27-9-11-29-47(45)48-30-12-10-28-46(48)42-24-18-26-44(36-42)54(51-33-15-7-21-39(51)3)52-34-16-8-22-40(52)4/h5-36H,1-4H3. The maximum absolute atomic E-state index is 2.39. The van der Waals surface area contributed by atoms with E-state index in [0.717, 1.165) is 11.4 Å². The van der Waals surface area contributed by atoms with Crippen LogP contribution in [0.15, 0.2) is 194 Å². The van der Waals surface area contributed by atoms with Crippen LogP contribution in [0.4, 0.5) is 34.1 Å². The van der Waals surface area contributed by atoms with E-state index in [2.05, 4.69) is 232 Å². The van der Waals surface area contributed by atoms with Crippen molar-refractivity contribution in [2.24, 2.45) is 0 Å². The molecule has 54 heavy (non-hydrogen) atoms. The predicted molar refractivity (Wildman–Crippen MR) is 231 cm³/mol. The maximum Gasteiger partial charge on any atom is 0.0490 e. The SMILES string of the molecule is Cc1ccccc1N(c1cccc(-c2ccccc2-c2ccccc2-c2cccc(N(c3ccccc3C)c3ccccc3C)c2)c1)c1ccccc1C. The number of nitrogens with zero attached hydrogens (tertiary/aromatic N) is 2. The van der Waals surface area contributed by atoms with Gasteiger partial charge in [-0.05, 0) is 132 Å². The van der Waals surface area contributed by atoms with Crippen LogP contribution in [-0.4, -0.2) is 0 Å². The van der Waals surface area contributed by atoms with Crippen molar-refractivity contribution in [1.29, 1.82) is 0 Å². The van der Waals surface area contributed by atoms with Crippen LogP contribution in [0.25, 0.3) is 33.4 Å². The summed E-state index contributed by atoms with van der Waals surface area (Å²) < 4.78 is 0. The van der Waals surface area contributed by atoms with E-state index in [-0.39, 0.29) is 0 Å². The molecule has 262 valence electrons. The molecule has 0 radical (unpaired) electrons. The fraction of sp³-hybridized carbons (Fsp3) is 0.0769. The summed E-state index contributed by atoms with van der Waals surface area (Å²) in [5.74, 6) is 0. The Labute approximate surface area is 320 Å². The molecule has 0 atom stereocenters. The highest BCUT2D eigenvalue weighted by molar-refractivity contribution is 5.94. The van der Waals surface area contributed by atoms with Crippen LogP contribution in [0, 0.1) is 27.7 Å². The molecule has 0 spiro atoms. The van der Waals surface area contributed by atoms with Gasteiger partial charge in [-0.1, -0.05) is 146 Å². The summed E-state index contributed by atoms with van der Waals surface area (Å²) in [5, 5.41) is 0. The van der Waals surface area contributed by atoms with Gasteiger partial charge in [0.15, 0.2) is 0 Å². The van der Waals surface area contributed by atoms with Crippen molar-refractivity contribution in [3.8, 4) is 33.4 Å². The minimum atomic E-state index is 1.12. The molecule has 0 saturated heterocycles. The van der Waals surface area contributed by atoms with Crippen molar-refractivity contribution in [2.45, 2.75) is 27.7 Å². The zero-order valence-electron chi connectivity index (χ0n) is 31.4. The summed E-state index contributed by atoms with van der Waals surface area (Å²) in [6.07, 6.45) is 0. The van der Waals surface area contributed by atoms with Gasteiger partial charge in [0.05, 0.1) is 0 Å². The van der Waals surface area contributed by atoms with Gasteiger partial charge in [0, 0.05) is 34.1 Å². The third kappa shape index (κ3) is 6.71. The first-order chi connectivity index (χ1) is 26.5. The minimum absolute atomic E-state index is 1.12. The van der Waals surface area contributed by atoms with E-state index < -0.39 is 0 Å². The van der Waals surface area contributed by atoms with Crippen molar-refractivity contribution >= 4 is 34.1 Å². The average Bonchev–Trinajstić information content (AvgIpc) is 3.21. The number of aryl methyl sites for hydroxylation is 4. The lowest BCUT2D eigenvalue weighted by Crippen LogP contribution is -2.12. The second-order valence-electron chi connectivity index (χ2n) is 14.0. The van der Waals surface area contributed by atoms with E-state index in [0.29, 0.717) is 0 Å². The largest absolute Gasteiger partial charge is 0.310 e. The molecule has 8 aromatic carbocycles. The second-order valence-corrected chi connectivity index (χ2v) is 14.0. The highest BCUT2D eigenvalue weighted by Crippen LogP contribution is 2.44. The van der Waals surface area contributed by atoms with Crippen LogP contribution >= 0.6 is 0 Å². The first kappa shape index (κ1) is 34.4. The van der Waals surface area contributed by atoms with Crippen LogP contribution < -0.4 is 9.80 Å². The van der Waals surface area contributed by atoms with Crippen molar-refractivity contribution in [2.75, 3.05) is 9.80 Å². The molecule has 0 aliphatic rings. The molecule has 0 unspecified atom stereocenters. The number of hydrogen-bond donors (Lipinski definition) is 0. The van der Waals surface area contributed by atoms with E-state index >= 15 is 0 Å². The van der Waals surface area contributed by atoms with Gasteiger partial charge in [0.2, 0.25) is 0 Å². The van der Waals surface area contributed by atoms with Crippen molar-refractivity contribution in [3.05, 3.63) is 216 Å². The van der Waals surface area contributed by atoms with E-state index in [1.165, 1.54) is 78.4 Å². The van der Waals surface area contributed by atoms with Gasteiger partial charge in [-0.15, -0.1) is 0 Å². The van der Waals surface area contributed by atoms with Gasteiger partial charge >= 0.3 is 0 Å². The van der Waals surface area contributed by atoms with Gasteiger partial charge in [-0.2, -0.15) is 0 Å². The molecule has 0 bridgehead atoms. The molecular formula is C52H44N2. The first-order valence-electron chi connectivity index (χ1n) is 18.7. The van der Waals surface area contributed by atoms with Crippen molar-refractivity contribution in [3.63, 3.8) is 0 Å². The normalized spacial score (nSPS) is 11.0. The molecular weight excluding hydrogens is 653 g/mol. The Hall–Kier alpha value is -6.64. The van der Waals surface area contributed by atoms with E-state index in [9.17, 15) is 0 Å². The van der Waals surface area contributed by atoms with Gasteiger partial charge in [-0.25, -0.2) is 0 Å². The summed E-state index contributed by atoms with van der Waals surface area (Å²) >= 11 is 0. The smallest absolute Gasteiger partial charge is 0.0490 e. The number of para-hydroxylation sites is 4. The zero-order valence-corrected chi connectivity index (χ0v) is 31.4. The number of benzene rings is 8. The molecule has 0 aromatic heterocycles. The molecule has 0 aliphatic heterocycles. The Balaban J connectivity index is 1.25. The first-order valence-corrected chi connectivity index (χ1v) is 18.7. The number of anilines is 6. The molecule has 0 heterocycles. The highest BCUT2D eigenvalue weighted by atomic mass is 15.2. The average molecular weight is 697 g/mol. The summed E-state index contributed by atoms with van der Waals surface area (Å²) in [6, 6.07) is 70.1. The second kappa shape index (κ2) is 15.1.